The Morgan fingerprint density at radius 2 is 1.79 bits per heavy atom. The number of hydrogen-bond acceptors (Lipinski definition) is 4. The van der Waals surface area contributed by atoms with Crippen molar-refractivity contribution in [2.75, 3.05) is 5.32 Å². The van der Waals surface area contributed by atoms with Crippen LogP contribution in [0.2, 0.25) is 0 Å². The van der Waals surface area contributed by atoms with Crippen molar-refractivity contribution in [3.05, 3.63) is 78.4 Å². The molecule has 0 saturated heterocycles. The average Bonchev–Trinajstić information content (AvgIpc) is 3.14. The van der Waals surface area contributed by atoms with E-state index in [0.717, 1.165) is 11.1 Å². The van der Waals surface area contributed by atoms with Crippen LogP contribution in [0.1, 0.15) is 12.5 Å². The molecule has 1 aromatic heterocycles. The first-order valence-electron chi connectivity index (χ1n) is 9.09. The monoisotopic (exact) mass is 372 g/mol. The van der Waals surface area contributed by atoms with Gasteiger partial charge >= 0.3 is 0 Å². The summed E-state index contributed by atoms with van der Waals surface area (Å²) in [4.78, 5) is 17.0. The van der Waals surface area contributed by atoms with Crippen LogP contribution in [-0.2, 0) is 4.79 Å². The lowest BCUT2D eigenvalue weighted by Crippen LogP contribution is -2.30. The van der Waals surface area contributed by atoms with Gasteiger partial charge in [-0.2, -0.15) is 0 Å². The van der Waals surface area contributed by atoms with Gasteiger partial charge in [-0.1, -0.05) is 35.9 Å². The van der Waals surface area contributed by atoms with E-state index in [1.807, 2.05) is 61.5 Å². The number of ether oxygens (including phenoxy) is 1. The summed E-state index contributed by atoms with van der Waals surface area (Å²) in [7, 11) is 0. The first-order chi connectivity index (χ1) is 13.6. The zero-order valence-electron chi connectivity index (χ0n) is 15.7. The van der Waals surface area contributed by atoms with E-state index in [1.54, 1.807) is 25.1 Å². The molecule has 1 atom stereocenters. The summed E-state index contributed by atoms with van der Waals surface area (Å²) in [5.74, 6) is 0.981. The molecular formula is C23H20N2O3. The summed E-state index contributed by atoms with van der Waals surface area (Å²) < 4.78 is 11.5. The van der Waals surface area contributed by atoms with Gasteiger partial charge < -0.3 is 14.5 Å². The normalized spacial score (nSPS) is 11.9. The molecule has 140 valence electrons. The topological polar surface area (TPSA) is 64.4 Å². The minimum absolute atomic E-state index is 0.230. The molecule has 4 rings (SSSR count). The summed E-state index contributed by atoms with van der Waals surface area (Å²) in [6.45, 7) is 3.72. The number of fused-ring (bicyclic) bond motifs is 1. The molecule has 1 unspecified atom stereocenters. The number of anilines is 1. The van der Waals surface area contributed by atoms with Gasteiger partial charge in [-0.3, -0.25) is 4.79 Å². The molecule has 1 amide bonds. The Morgan fingerprint density at radius 1 is 1.04 bits per heavy atom. The van der Waals surface area contributed by atoms with Crippen LogP contribution in [0.25, 0.3) is 22.6 Å². The molecule has 0 fully saturated rings. The zero-order chi connectivity index (χ0) is 19.5. The number of carbonyl (C=O) groups is 1. The minimum atomic E-state index is -0.629. The van der Waals surface area contributed by atoms with Gasteiger partial charge in [0.15, 0.2) is 11.7 Å². The van der Waals surface area contributed by atoms with Gasteiger partial charge in [0.25, 0.3) is 5.91 Å². The molecule has 1 N–H and O–H groups in total. The highest BCUT2D eigenvalue weighted by Crippen LogP contribution is 2.26. The van der Waals surface area contributed by atoms with E-state index in [4.69, 9.17) is 9.15 Å². The second-order valence-corrected chi connectivity index (χ2v) is 6.63. The van der Waals surface area contributed by atoms with Crippen molar-refractivity contribution in [1.82, 2.24) is 4.98 Å². The Kier molecular flexibility index (Phi) is 4.81. The molecule has 0 aliphatic rings. The Hall–Kier alpha value is -3.60. The van der Waals surface area contributed by atoms with Crippen molar-refractivity contribution in [2.45, 2.75) is 20.0 Å². The zero-order valence-corrected chi connectivity index (χ0v) is 15.7. The largest absolute Gasteiger partial charge is 0.481 e. The lowest BCUT2D eigenvalue weighted by molar-refractivity contribution is -0.122. The Balaban J connectivity index is 1.48. The molecular weight excluding hydrogens is 352 g/mol. The van der Waals surface area contributed by atoms with Crippen LogP contribution in [0, 0.1) is 6.92 Å². The molecule has 0 aliphatic heterocycles. The molecule has 5 heteroatoms. The van der Waals surface area contributed by atoms with E-state index in [9.17, 15) is 4.79 Å². The quantitative estimate of drug-likeness (QED) is 0.522. The van der Waals surface area contributed by atoms with Gasteiger partial charge in [0.2, 0.25) is 5.89 Å². The van der Waals surface area contributed by atoms with Crippen LogP contribution in [0.15, 0.2) is 77.2 Å². The maximum Gasteiger partial charge on any atom is 0.265 e. The highest BCUT2D eigenvalue weighted by atomic mass is 16.5. The number of aromatic nitrogens is 1. The molecule has 0 aliphatic carbocycles. The summed E-state index contributed by atoms with van der Waals surface area (Å²) in [5, 5.41) is 2.87. The molecule has 0 bridgehead atoms. The molecule has 1 heterocycles. The summed E-state index contributed by atoms with van der Waals surface area (Å²) >= 11 is 0. The van der Waals surface area contributed by atoms with Gasteiger partial charge in [0.05, 0.1) is 0 Å². The van der Waals surface area contributed by atoms with Gasteiger partial charge in [-0.15, -0.1) is 0 Å². The van der Waals surface area contributed by atoms with Crippen LogP contribution < -0.4 is 10.1 Å². The van der Waals surface area contributed by atoms with Gasteiger partial charge in [0, 0.05) is 11.3 Å². The van der Waals surface area contributed by atoms with Crippen molar-refractivity contribution >= 4 is 22.7 Å². The Morgan fingerprint density at radius 3 is 2.54 bits per heavy atom. The van der Waals surface area contributed by atoms with E-state index in [2.05, 4.69) is 10.3 Å². The van der Waals surface area contributed by atoms with Crippen molar-refractivity contribution in [3.63, 3.8) is 0 Å². The maximum atomic E-state index is 12.5. The fraction of sp³-hybridized carbons (Fsp3) is 0.130. The molecule has 5 nitrogen and oxygen atoms in total. The molecule has 3 aromatic carbocycles. The Labute approximate surface area is 163 Å². The lowest BCUT2D eigenvalue weighted by Gasteiger charge is -2.14. The molecule has 4 aromatic rings. The fourth-order valence-corrected chi connectivity index (χ4v) is 2.83. The minimum Gasteiger partial charge on any atom is -0.481 e. The third-order valence-electron chi connectivity index (χ3n) is 4.38. The predicted octanol–water partition coefficient (Wildman–Crippen LogP) is 5.21. The van der Waals surface area contributed by atoms with Crippen molar-refractivity contribution in [1.29, 1.82) is 0 Å². The number of benzene rings is 3. The van der Waals surface area contributed by atoms with E-state index in [-0.39, 0.29) is 5.91 Å². The second-order valence-electron chi connectivity index (χ2n) is 6.63. The number of aryl methyl sites for hydroxylation is 1. The fourth-order valence-electron chi connectivity index (χ4n) is 2.83. The first-order valence-corrected chi connectivity index (χ1v) is 9.09. The lowest BCUT2D eigenvalue weighted by atomic mass is 10.2. The summed E-state index contributed by atoms with van der Waals surface area (Å²) in [6, 6.07) is 22.7. The van der Waals surface area contributed by atoms with Crippen LogP contribution in [0.3, 0.4) is 0 Å². The van der Waals surface area contributed by atoms with Crippen LogP contribution in [-0.4, -0.2) is 17.0 Å². The summed E-state index contributed by atoms with van der Waals surface area (Å²) in [5.41, 5.74) is 4.04. The molecule has 28 heavy (non-hydrogen) atoms. The van der Waals surface area contributed by atoms with E-state index in [0.29, 0.717) is 28.4 Å². The Bertz CT molecular complexity index is 1100. The van der Waals surface area contributed by atoms with Crippen LogP contribution >= 0.6 is 0 Å². The number of carbonyl (C=O) groups excluding carboxylic acids is 1. The van der Waals surface area contributed by atoms with E-state index in [1.165, 1.54) is 0 Å². The number of nitrogens with one attached hydrogen (secondary N) is 1. The number of rotatable bonds is 5. The summed E-state index contributed by atoms with van der Waals surface area (Å²) in [6.07, 6.45) is -0.629. The number of hydrogen-bond donors (Lipinski definition) is 1. The number of oxazole rings is 1. The smallest absolute Gasteiger partial charge is 0.265 e. The predicted molar refractivity (Wildman–Crippen MR) is 109 cm³/mol. The molecule has 0 radical (unpaired) electrons. The van der Waals surface area contributed by atoms with Gasteiger partial charge in [0.1, 0.15) is 11.3 Å². The number of nitrogens with zero attached hydrogens (tertiary/aromatic N) is 1. The number of amides is 1. The van der Waals surface area contributed by atoms with Crippen molar-refractivity contribution in [2.24, 2.45) is 0 Å². The molecule has 0 saturated carbocycles. The van der Waals surface area contributed by atoms with Crippen LogP contribution in [0.4, 0.5) is 5.69 Å². The van der Waals surface area contributed by atoms with Crippen LogP contribution in [0.5, 0.6) is 5.75 Å². The third-order valence-corrected chi connectivity index (χ3v) is 4.38. The highest BCUT2D eigenvalue weighted by molar-refractivity contribution is 5.95. The highest BCUT2D eigenvalue weighted by Gasteiger charge is 2.16. The van der Waals surface area contributed by atoms with Crippen molar-refractivity contribution < 1.29 is 13.9 Å². The van der Waals surface area contributed by atoms with Gasteiger partial charge in [-0.05, 0) is 56.3 Å². The van der Waals surface area contributed by atoms with Crippen molar-refractivity contribution in [3.8, 4) is 17.2 Å². The standard InChI is InChI=1S/C23H20N2O3/c1-15-8-11-19(12-9-15)27-16(2)22(26)24-18-10-13-21-20(14-18)25-23(28-21)17-6-4-3-5-7-17/h3-14,16H,1-2H3,(H,24,26). The maximum absolute atomic E-state index is 12.5. The SMILES string of the molecule is Cc1ccc(OC(C)C(=O)Nc2ccc3oc(-c4ccccc4)nc3c2)cc1. The third kappa shape index (κ3) is 3.88. The van der Waals surface area contributed by atoms with Gasteiger partial charge in [-0.25, -0.2) is 4.98 Å². The first kappa shape index (κ1) is 17.8. The van der Waals surface area contributed by atoms with E-state index < -0.39 is 6.10 Å². The average molecular weight is 372 g/mol. The molecule has 0 spiro atoms. The van der Waals surface area contributed by atoms with E-state index >= 15 is 0 Å². The second kappa shape index (κ2) is 7.56.